The Labute approximate surface area is 221 Å². The molecule has 13 heteroatoms. The highest BCUT2D eigenvalue weighted by Crippen LogP contribution is 2.44. The number of hydrogen-bond acceptors (Lipinski definition) is 10. The van der Waals surface area contributed by atoms with E-state index in [0.29, 0.717) is 11.6 Å². The van der Waals surface area contributed by atoms with Crippen LogP contribution in [0.1, 0.15) is 49.7 Å². The summed E-state index contributed by atoms with van der Waals surface area (Å²) in [5.74, 6) is 0.743. The second-order valence-corrected chi connectivity index (χ2v) is 11.9. The number of aliphatic imine (C=N–C) groups is 1. The normalized spacial score (nSPS) is 15.2. The lowest BCUT2D eigenvalue weighted by Crippen LogP contribution is -2.22. The van der Waals surface area contributed by atoms with Crippen LogP contribution in [0, 0.1) is 5.41 Å². The van der Waals surface area contributed by atoms with Crippen molar-refractivity contribution in [2.45, 2.75) is 46.9 Å². The summed E-state index contributed by atoms with van der Waals surface area (Å²) in [5.41, 5.74) is 6.46. The van der Waals surface area contributed by atoms with Gasteiger partial charge >= 0.3 is 7.75 Å². The van der Waals surface area contributed by atoms with Gasteiger partial charge in [0.1, 0.15) is 12.6 Å². The maximum absolute atomic E-state index is 13.4. The van der Waals surface area contributed by atoms with Crippen molar-refractivity contribution in [1.29, 1.82) is 0 Å². The first-order valence-electron chi connectivity index (χ1n) is 12.0. The molecule has 2 aromatic rings. The van der Waals surface area contributed by atoms with Crippen molar-refractivity contribution in [2.75, 3.05) is 25.6 Å². The Morgan fingerprint density at radius 3 is 2.68 bits per heavy atom. The van der Waals surface area contributed by atoms with Gasteiger partial charge in [-0.05, 0) is 12.0 Å². The summed E-state index contributed by atoms with van der Waals surface area (Å²) in [4.78, 5) is 32.6. The van der Waals surface area contributed by atoms with E-state index in [2.05, 4.69) is 15.1 Å². The van der Waals surface area contributed by atoms with Gasteiger partial charge in [-0.1, -0.05) is 62.9 Å². The zero-order chi connectivity index (χ0) is 26.9. The molecule has 3 rings (SSSR count). The van der Waals surface area contributed by atoms with E-state index in [0.717, 1.165) is 23.7 Å². The molecule has 1 aliphatic heterocycles. The van der Waals surface area contributed by atoms with Crippen LogP contribution < -0.4 is 10.8 Å². The minimum Gasteiger partial charge on any atom is -0.387 e. The van der Waals surface area contributed by atoms with Gasteiger partial charge in [0.15, 0.2) is 22.4 Å². The molecule has 1 aliphatic rings. The van der Waals surface area contributed by atoms with Crippen LogP contribution in [0.15, 0.2) is 41.7 Å². The summed E-state index contributed by atoms with van der Waals surface area (Å²) in [6, 6.07) is 9.46. The molecule has 0 radical (unpaired) electrons. The molecule has 0 aliphatic carbocycles. The number of thioether (sulfide) groups is 1. The molecule has 0 bridgehead atoms. The van der Waals surface area contributed by atoms with Crippen LogP contribution in [-0.2, 0) is 36.4 Å². The molecular formula is C24H34N5O6PS. The van der Waals surface area contributed by atoms with E-state index in [9.17, 15) is 14.2 Å². The van der Waals surface area contributed by atoms with Crippen molar-refractivity contribution < 1.29 is 27.9 Å². The van der Waals surface area contributed by atoms with Crippen LogP contribution in [-0.4, -0.2) is 51.9 Å². The average Bonchev–Trinajstić information content (AvgIpc) is 3.28. The van der Waals surface area contributed by atoms with Gasteiger partial charge in [-0.2, -0.15) is 0 Å². The fourth-order valence-electron chi connectivity index (χ4n) is 3.13. The minimum absolute atomic E-state index is 0.0186. The fourth-order valence-corrected chi connectivity index (χ4v) is 5.42. The van der Waals surface area contributed by atoms with Crippen LogP contribution in [0.2, 0.25) is 0 Å². The third kappa shape index (κ3) is 8.59. The molecule has 2 heterocycles. The number of amidine groups is 1. The lowest BCUT2D eigenvalue weighted by Gasteiger charge is -2.21. The summed E-state index contributed by atoms with van der Waals surface area (Å²) in [6.07, 6.45) is 2.24. The number of rotatable bonds is 15. The van der Waals surface area contributed by atoms with Crippen molar-refractivity contribution in [1.82, 2.24) is 14.6 Å². The van der Waals surface area contributed by atoms with Gasteiger partial charge in [0.2, 0.25) is 0 Å². The smallest absolute Gasteiger partial charge is 0.387 e. The molecule has 0 saturated carbocycles. The van der Waals surface area contributed by atoms with Crippen molar-refractivity contribution >= 4 is 42.1 Å². The highest BCUT2D eigenvalue weighted by Gasteiger charge is 2.28. The van der Waals surface area contributed by atoms with Gasteiger partial charge in [-0.15, -0.1) is 0 Å². The molecule has 11 nitrogen and oxygen atoms in total. The molecule has 0 saturated heterocycles. The number of nitrogens with two attached hydrogens (primary N) is 1. The van der Waals surface area contributed by atoms with Crippen LogP contribution in [0.3, 0.4) is 0 Å². The predicted molar refractivity (Wildman–Crippen MR) is 143 cm³/mol. The number of nitrogens with one attached hydrogen (secondary N) is 1. The number of ketones is 1. The number of fused-ring (bicyclic) bond motifs is 1. The predicted octanol–water partition coefficient (Wildman–Crippen LogP) is 4.06. The Balaban J connectivity index is 1.50. The van der Waals surface area contributed by atoms with E-state index < -0.39 is 13.2 Å². The summed E-state index contributed by atoms with van der Waals surface area (Å²) in [5, 5.41) is 2.94. The Bertz CT molecular complexity index is 1150. The lowest BCUT2D eigenvalue weighted by atomic mass is 9.92. The number of imidazole rings is 1. The zero-order valence-corrected chi connectivity index (χ0v) is 23.1. The van der Waals surface area contributed by atoms with E-state index in [1.54, 1.807) is 4.57 Å². The van der Waals surface area contributed by atoms with Crippen LogP contribution in [0.25, 0.3) is 0 Å². The second kappa shape index (κ2) is 13.5. The highest BCUT2D eigenvalue weighted by atomic mass is 32.2. The van der Waals surface area contributed by atoms with E-state index in [1.165, 1.54) is 6.33 Å². The Morgan fingerprint density at radius 1 is 1.22 bits per heavy atom. The number of ether oxygens (including phenoxy) is 1. The van der Waals surface area contributed by atoms with Gasteiger partial charge in [-0.3, -0.25) is 23.2 Å². The van der Waals surface area contributed by atoms with Gasteiger partial charge in [0.05, 0.1) is 32.6 Å². The molecule has 1 aromatic carbocycles. The quantitative estimate of drug-likeness (QED) is 0.245. The molecule has 1 unspecified atom stereocenters. The van der Waals surface area contributed by atoms with E-state index in [-0.39, 0.29) is 61.9 Å². The number of nitrogens with zero attached hydrogens (tertiary/aromatic N) is 3. The second-order valence-electron chi connectivity index (χ2n) is 8.98. The molecule has 1 aromatic heterocycles. The number of benzene rings is 1. The maximum atomic E-state index is 13.4. The summed E-state index contributed by atoms with van der Waals surface area (Å²) in [7, 11) is -3.68. The molecule has 0 fully saturated rings. The largest absolute Gasteiger partial charge is 0.405 e. The summed E-state index contributed by atoms with van der Waals surface area (Å²) in [6.45, 7) is 6.26. The minimum atomic E-state index is -3.68. The summed E-state index contributed by atoms with van der Waals surface area (Å²) < 4.78 is 31.7. The lowest BCUT2D eigenvalue weighted by molar-refractivity contribution is -0.118. The molecule has 0 spiro atoms. The Hall–Kier alpha value is -2.34. The number of hydrogen-bond donors (Lipinski definition) is 2. The fraction of sp³-hybridized carbons (Fsp3) is 0.500. The molecule has 202 valence electrons. The number of Topliss-reactive ketones (excluding diaryl/α,β-unsaturated/α-hetero) is 1. The monoisotopic (exact) mass is 551 g/mol. The van der Waals surface area contributed by atoms with Crippen LogP contribution in [0.5, 0.6) is 0 Å². The first-order chi connectivity index (χ1) is 17.6. The number of carbonyl (C=O) groups excluding carboxylic acids is 2. The van der Waals surface area contributed by atoms with Crippen LogP contribution in [0.4, 0.5) is 5.82 Å². The van der Waals surface area contributed by atoms with Gasteiger partial charge in [0, 0.05) is 17.7 Å². The van der Waals surface area contributed by atoms with Crippen LogP contribution >= 0.6 is 19.5 Å². The zero-order valence-electron chi connectivity index (χ0n) is 21.3. The molecule has 1 atom stereocenters. The maximum Gasteiger partial charge on any atom is 0.405 e. The molecule has 37 heavy (non-hydrogen) atoms. The van der Waals surface area contributed by atoms with Crippen molar-refractivity contribution in [2.24, 2.45) is 16.1 Å². The van der Waals surface area contributed by atoms with Crippen molar-refractivity contribution in [3.63, 3.8) is 0 Å². The average molecular weight is 552 g/mol. The Morgan fingerprint density at radius 2 is 1.95 bits per heavy atom. The molecule has 0 amide bonds. The van der Waals surface area contributed by atoms with Gasteiger partial charge < -0.3 is 10.5 Å². The van der Waals surface area contributed by atoms with Gasteiger partial charge in [0.25, 0.3) is 0 Å². The van der Waals surface area contributed by atoms with Crippen molar-refractivity contribution in [3.8, 4) is 0 Å². The molecule has 3 N–H and O–H groups in total. The molecular weight excluding hydrogens is 517 g/mol. The number of carbonyl (C=O) groups is 2. The topological polar surface area (TPSA) is 147 Å². The SMILES string of the molecule is CCC(C)(C)C(=O)SCCOP(=O)(NCc1ccccc1)OCCOCn1cnc2c1N=C(N)CC2=O. The first kappa shape index (κ1) is 29.2. The van der Waals surface area contributed by atoms with E-state index >= 15 is 0 Å². The number of aromatic nitrogens is 2. The van der Waals surface area contributed by atoms with E-state index in [1.807, 2.05) is 51.1 Å². The highest BCUT2D eigenvalue weighted by molar-refractivity contribution is 8.13. The summed E-state index contributed by atoms with van der Waals surface area (Å²) >= 11 is 1.16. The van der Waals surface area contributed by atoms with Gasteiger partial charge in [-0.25, -0.2) is 19.6 Å². The van der Waals surface area contributed by atoms with Crippen molar-refractivity contribution in [3.05, 3.63) is 47.9 Å². The Kier molecular flexibility index (Phi) is 10.6. The third-order valence-corrected chi connectivity index (χ3v) is 8.49. The van der Waals surface area contributed by atoms with E-state index in [4.69, 9.17) is 19.5 Å². The third-order valence-electron chi connectivity index (χ3n) is 5.72. The standard InChI is InChI=1S/C24H34N5O6PS/c1-4-24(2,3)23(31)37-13-12-35-36(32,27-15-18-8-6-5-7-9-18)34-11-10-33-17-29-16-26-21-19(30)14-20(25)28-22(21)29/h5-9,16H,4,10-15,17H2,1-3H3,(H2,25,28)(H,27,32). The first-order valence-corrected chi connectivity index (χ1v) is 14.5.